The highest BCUT2D eigenvalue weighted by molar-refractivity contribution is 5.91. The fourth-order valence-corrected chi connectivity index (χ4v) is 2.56. The first-order valence-electron chi connectivity index (χ1n) is 6.92. The average Bonchev–Trinajstić information content (AvgIpc) is 2.44. The molecule has 2 atom stereocenters. The molecule has 0 spiro atoms. The highest BCUT2D eigenvalue weighted by atomic mass is 16.6. The second-order valence-electron chi connectivity index (χ2n) is 5.53. The predicted molar refractivity (Wildman–Crippen MR) is 80.5 cm³/mol. The van der Waals surface area contributed by atoms with Gasteiger partial charge in [0.15, 0.2) is 0 Å². The van der Waals surface area contributed by atoms with Crippen molar-refractivity contribution in [2.75, 3.05) is 13.1 Å². The number of piperidine rings is 1. The minimum Gasteiger partial charge on any atom is -0.337 e. The third kappa shape index (κ3) is 4.13. The van der Waals surface area contributed by atoms with E-state index in [1.165, 1.54) is 18.2 Å². The fraction of sp³-hybridized carbons (Fsp3) is 0.400. The van der Waals surface area contributed by atoms with E-state index in [0.29, 0.717) is 12.5 Å². The molecule has 2 N–H and O–H groups in total. The highest BCUT2D eigenvalue weighted by Gasteiger charge is 2.24. The maximum absolute atomic E-state index is 12.1. The Morgan fingerprint density at radius 1 is 1.38 bits per heavy atom. The van der Waals surface area contributed by atoms with Crippen LogP contribution in [0.2, 0.25) is 0 Å². The summed E-state index contributed by atoms with van der Waals surface area (Å²) in [6.07, 6.45) is 4.10. The Labute approximate surface area is 123 Å². The third-order valence-electron chi connectivity index (χ3n) is 3.53. The Hall–Kier alpha value is -2.21. The monoisotopic (exact) mass is 289 g/mol. The van der Waals surface area contributed by atoms with E-state index >= 15 is 0 Å². The molecule has 112 valence electrons. The maximum Gasteiger partial charge on any atom is 0.269 e. The van der Waals surface area contributed by atoms with Crippen molar-refractivity contribution in [3.8, 4) is 0 Å². The molecule has 1 aliphatic rings. The minimum absolute atomic E-state index is 0.0328. The summed E-state index contributed by atoms with van der Waals surface area (Å²) in [5, 5.41) is 10.6. The van der Waals surface area contributed by atoms with Crippen LogP contribution in [0.25, 0.3) is 6.08 Å². The van der Waals surface area contributed by atoms with Crippen LogP contribution in [0.3, 0.4) is 0 Å². The summed E-state index contributed by atoms with van der Waals surface area (Å²) < 4.78 is 0. The molecule has 0 aromatic heterocycles. The molecule has 1 heterocycles. The number of rotatable bonds is 3. The lowest BCUT2D eigenvalue weighted by atomic mass is 9.96. The van der Waals surface area contributed by atoms with Crippen molar-refractivity contribution in [3.05, 3.63) is 46.0 Å². The van der Waals surface area contributed by atoms with Gasteiger partial charge in [-0.25, -0.2) is 0 Å². The molecule has 1 fully saturated rings. The zero-order valence-electron chi connectivity index (χ0n) is 11.9. The number of nitro benzene ring substituents is 1. The van der Waals surface area contributed by atoms with Crippen molar-refractivity contribution in [1.29, 1.82) is 0 Å². The van der Waals surface area contributed by atoms with Crippen molar-refractivity contribution in [3.63, 3.8) is 0 Å². The molecule has 1 aromatic carbocycles. The molecule has 1 aliphatic heterocycles. The number of hydrogen-bond donors (Lipinski definition) is 1. The molecule has 0 saturated carbocycles. The molecule has 21 heavy (non-hydrogen) atoms. The van der Waals surface area contributed by atoms with Gasteiger partial charge in [0, 0.05) is 37.3 Å². The lowest BCUT2D eigenvalue weighted by Crippen LogP contribution is -2.48. The number of likely N-dealkylation sites (tertiary alicyclic amines) is 1. The first kappa shape index (κ1) is 15.2. The van der Waals surface area contributed by atoms with Gasteiger partial charge < -0.3 is 10.6 Å². The van der Waals surface area contributed by atoms with Crippen LogP contribution in [-0.2, 0) is 4.79 Å². The molecule has 6 nitrogen and oxygen atoms in total. The quantitative estimate of drug-likeness (QED) is 0.522. The van der Waals surface area contributed by atoms with Crippen LogP contribution in [0.15, 0.2) is 30.3 Å². The Balaban J connectivity index is 1.99. The van der Waals surface area contributed by atoms with E-state index in [0.717, 1.165) is 18.5 Å². The van der Waals surface area contributed by atoms with E-state index in [-0.39, 0.29) is 17.6 Å². The maximum atomic E-state index is 12.1. The van der Waals surface area contributed by atoms with Gasteiger partial charge in [-0.1, -0.05) is 6.92 Å². The molecule has 2 rings (SSSR count). The van der Waals surface area contributed by atoms with Crippen LogP contribution in [0, 0.1) is 16.0 Å². The SMILES string of the molecule is CC1CC(N)CN(C(=O)/C=C/c2ccc([N+](=O)[O-])cc2)C1. The predicted octanol–water partition coefficient (Wildman–Crippen LogP) is 1.80. The lowest BCUT2D eigenvalue weighted by molar-refractivity contribution is -0.384. The molecule has 1 saturated heterocycles. The number of nitrogens with zero attached hydrogens (tertiary/aromatic N) is 2. The summed E-state index contributed by atoms with van der Waals surface area (Å²) in [6.45, 7) is 3.38. The Morgan fingerprint density at radius 3 is 2.62 bits per heavy atom. The van der Waals surface area contributed by atoms with Crippen LogP contribution in [-0.4, -0.2) is 34.9 Å². The van der Waals surface area contributed by atoms with E-state index in [2.05, 4.69) is 6.92 Å². The lowest BCUT2D eigenvalue weighted by Gasteiger charge is -2.34. The Morgan fingerprint density at radius 2 is 2.05 bits per heavy atom. The summed E-state index contributed by atoms with van der Waals surface area (Å²) in [4.78, 5) is 24.0. The summed E-state index contributed by atoms with van der Waals surface area (Å²) in [7, 11) is 0. The average molecular weight is 289 g/mol. The van der Waals surface area contributed by atoms with Gasteiger partial charge >= 0.3 is 0 Å². The topological polar surface area (TPSA) is 89.5 Å². The molecule has 2 unspecified atom stereocenters. The second kappa shape index (κ2) is 6.49. The summed E-state index contributed by atoms with van der Waals surface area (Å²) in [5.74, 6) is 0.334. The van der Waals surface area contributed by atoms with Crippen LogP contribution in [0.1, 0.15) is 18.9 Å². The zero-order chi connectivity index (χ0) is 15.4. The molecule has 0 radical (unpaired) electrons. The van der Waals surface area contributed by atoms with E-state index < -0.39 is 4.92 Å². The number of hydrogen-bond acceptors (Lipinski definition) is 4. The molecular weight excluding hydrogens is 270 g/mol. The van der Waals surface area contributed by atoms with Crippen molar-refractivity contribution in [1.82, 2.24) is 4.90 Å². The second-order valence-corrected chi connectivity index (χ2v) is 5.53. The summed E-state index contributed by atoms with van der Waals surface area (Å²) in [6, 6.07) is 6.11. The van der Waals surface area contributed by atoms with Crippen molar-refractivity contribution < 1.29 is 9.72 Å². The number of non-ortho nitro benzene ring substituents is 1. The van der Waals surface area contributed by atoms with Crippen LogP contribution in [0.4, 0.5) is 5.69 Å². The highest BCUT2D eigenvalue weighted by Crippen LogP contribution is 2.16. The van der Waals surface area contributed by atoms with Crippen molar-refractivity contribution in [2.45, 2.75) is 19.4 Å². The fourth-order valence-electron chi connectivity index (χ4n) is 2.56. The van der Waals surface area contributed by atoms with Gasteiger partial charge in [0.2, 0.25) is 5.91 Å². The van der Waals surface area contributed by atoms with Gasteiger partial charge in [0.1, 0.15) is 0 Å². The van der Waals surface area contributed by atoms with Gasteiger partial charge in [0.05, 0.1) is 4.92 Å². The van der Waals surface area contributed by atoms with E-state index in [1.807, 2.05) is 0 Å². The molecule has 0 bridgehead atoms. The first-order valence-corrected chi connectivity index (χ1v) is 6.92. The summed E-state index contributed by atoms with van der Waals surface area (Å²) in [5.41, 5.74) is 6.71. The molecule has 0 aliphatic carbocycles. The molecule has 1 amide bonds. The van der Waals surface area contributed by atoms with E-state index in [1.54, 1.807) is 23.1 Å². The Bertz CT molecular complexity index is 544. The minimum atomic E-state index is -0.449. The zero-order valence-corrected chi connectivity index (χ0v) is 11.9. The van der Waals surface area contributed by atoms with Gasteiger partial charge in [-0.3, -0.25) is 14.9 Å². The standard InChI is InChI=1S/C15H19N3O3/c1-11-8-13(16)10-17(9-11)15(19)7-4-12-2-5-14(6-3-12)18(20)21/h2-7,11,13H,8-10,16H2,1H3/b7-4+. The van der Waals surface area contributed by atoms with Crippen molar-refractivity contribution in [2.24, 2.45) is 11.7 Å². The van der Waals surface area contributed by atoms with E-state index in [9.17, 15) is 14.9 Å². The number of nitro groups is 1. The van der Waals surface area contributed by atoms with Gasteiger partial charge in [0.25, 0.3) is 5.69 Å². The molecular formula is C15H19N3O3. The van der Waals surface area contributed by atoms with E-state index in [4.69, 9.17) is 5.73 Å². The number of nitrogens with two attached hydrogens (primary N) is 1. The number of benzene rings is 1. The Kier molecular flexibility index (Phi) is 4.70. The molecule has 6 heteroatoms. The van der Waals surface area contributed by atoms with Crippen LogP contribution >= 0.6 is 0 Å². The van der Waals surface area contributed by atoms with Gasteiger partial charge in [-0.2, -0.15) is 0 Å². The summed E-state index contributed by atoms with van der Waals surface area (Å²) >= 11 is 0. The smallest absolute Gasteiger partial charge is 0.269 e. The van der Waals surface area contributed by atoms with Crippen molar-refractivity contribution >= 4 is 17.7 Å². The first-order chi connectivity index (χ1) is 9.95. The van der Waals surface area contributed by atoms with Gasteiger partial charge in [-0.05, 0) is 36.1 Å². The third-order valence-corrected chi connectivity index (χ3v) is 3.53. The molecule has 1 aromatic rings. The largest absolute Gasteiger partial charge is 0.337 e. The number of carbonyl (C=O) groups excluding carboxylic acids is 1. The number of carbonyl (C=O) groups is 1. The number of amides is 1. The van der Waals surface area contributed by atoms with Crippen LogP contribution < -0.4 is 5.73 Å². The van der Waals surface area contributed by atoms with Crippen LogP contribution in [0.5, 0.6) is 0 Å². The normalized spacial score (nSPS) is 22.5. The van der Waals surface area contributed by atoms with Gasteiger partial charge in [-0.15, -0.1) is 0 Å².